The number of carbonyl (C=O) groups is 4. The van der Waals surface area contributed by atoms with Crippen LogP contribution >= 0.6 is 0 Å². The van der Waals surface area contributed by atoms with Crippen LogP contribution < -0.4 is 16.0 Å². The number of carbonyl (C=O) groups excluding carboxylic acids is 3. The van der Waals surface area contributed by atoms with Gasteiger partial charge in [-0.1, -0.05) is 19.0 Å². The quantitative estimate of drug-likeness (QED) is 0.467. The predicted molar refractivity (Wildman–Crippen MR) is 102 cm³/mol. The molecule has 1 aliphatic rings. The summed E-state index contributed by atoms with van der Waals surface area (Å²) in [6.07, 6.45) is 1.64. The van der Waals surface area contributed by atoms with Crippen LogP contribution in [0.25, 0.3) is 0 Å². The number of aryl methyl sites for hydroxylation is 1. The summed E-state index contributed by atoms with van der Waals surface area (Å²) >= 11 is 0. The number of amides is 3. The lowest BCUT2D eigenvalue weighted by Gasteiger charge is -2.26. The normalized spacial score (nSPS) is 18.6. The Bertz CT molecular complexity index is 760. The SMILES string of the molecule is Cc1cc(C(=O)NC(CC(C)C)C(=O)NC(CC2CCCNC2=O)C(=O)O)no1. The maximum Gasteiger partial charge on any atom is 0.326 e. The zero-order valence-corrected chi connectivity index (χ0v) is 16.9. The lowest BCUT2D eigenvalue weighted by atomic mass is 9.91. The van der Waals surface area contributed by atoms with Crippen molar-refractivity contribution in [2.75, 3.05) is 6.54 Å². The van der Waals surface area contributed by atoms with E-state index in [1.54, 1.807) is 6.92 Å². The number of hydrogen-bond acceptors (Lipinski definition) is 6. The van der Waals surface area contributed by atoms with E-state index in [0.29, 0.717) is 25.1 Å². The van der Waals surface area contributed by atoms with Crippen molar-refractivity contribution in [3.8, 4) is 0 Å². The van der Waals surface area contributed by atoms with Crippen molar-refractivity contribution >= 4 is 23.7 Å². The van der Waals surface area contributed by atoms with Gasteiger partial charge in [-0.15, -0.1) is 0 Å². The fourth-order valence-electron chi connectivity index (χ4n) is 3.25. The zero-order valence-electron chi connectivity index (χ0n) is 16.9. The first kappa shape index (κ1) is 22.4. The average molecular weight is 408 g/mol. The molecule has 0 aromatic carbocycles. The van der Waals surface area contributed by atoms with Crippen LogP contribution in [-0.2, 0) is 14.4 Å². The van der Waals surface area contributed by atoms with Gasteiger partial charge in [0.15, 0.2) is 5.69 Å². The molecule has 3 amide bonds. The maximum atomic E-state index is 12.8. The summed E-state index contributed by atoms with van der Waals surface area (Å²) in [6.45, 7) is 5.98. The molecule has 0 saturated carbocycles. The van der Waals surface area contributed by atoms with Gasteiger partial charge in [0.05, 0.1) is 0 Å². The highest BCUT2D eigenvalue weighted by atomic mass is 16.5. The van der Waals surface area contributed by atoms with Gasteiger partial charge < -0.3 is 25.6 Å². The molecule has 0 bridgehead atoms. The summed E-state index contributed by atoms with van der Waals surface area (Å²) in [4.78, 5) is 48.7. The summed E-state index contributed by atoms with van der Waals surface area (Å²) in [7, 11) is 0. The Labute approximate surface area is 168 Å². The summed E-state index contributed by atoms with van der Waals surface area (Å²) in [5.74, 6) is -2.57. The van der Waals surface area contributed by atoms with E-state index in [0.717, 1.165) is 6.42 Å². The minimum absolute atomic E-state index is 0.00225. The van der Waals surface area contributed by atoms with Crippen LogP contribution in [0.5, 0.6) is 0 Å². The third kappa shape index (κ3) is 6.58. The van der Waals surface area contributed by atoms with Crippen LogP contribution in [-0.4, -0.2) is 52.6 Å². The Kier molecular flexibility index (Phi) is 7.74. The van der Waals surface area contributed by atoms with E-state index < -0.39 is 35.8 Å². The van der Waals surface area contributed by atoms with Crippen LogP contribution in [0.1, 0.15) is 55.8 Å². The largest absolute Gasteiger partial charge is 0.480 e. The molecule has 2 heterocycles. The first-order valence-corrected chi connectivity index (χ1v) is 9.72. The minimum atomic E-state index is -1.22. The molecule has 1 aliphatic heterocycles. The summed E-state index contributed by atoms with van der Waals surface area (Å²) in [5.41, 5.74) is 0.0396. The third-order valence-corrected chi connectivity index (χ3v) is 4.72. The maximum absolute atomic E-state index is 12.8. The molecule has 0 aliphatic carbocycles. The molecule has 1 saturated heterocycles. The molecule has 10 nitrogen and oxygen atoms in total. The second kappa shape index (κ2) is 10.0. The van der Waals surface area contributed by atoms with E-state index in [9.17, 15) is 24.3 Å². The van der Waals surface area contributed by atoms with Crippen molar-refractivity contribution in [2.45, 2.75) is 58.5 Å². The molecular weight excluding hydrogens is 380 g/mol. The van der Waals surface area contributed by atoms with Crippen molar-refractivity contribution in [2.24, 2.45) is 11.8 Å². The second-order valence-electron chi connectivity index (χ2n) is 7.74. The van der Waals surface area contributed by atoms with Crippen LogP contribution in [0, 0.1) is 18.8 Å². The minimum Gasteiger partial charge on any atom is -0.480 e. The number of carboxylic acids is 1. The number of hydrogen-bond donors (Lipinski definition) is 4. The van der Waals surface area contributed by atoms with E-state index in [-0.39, 0.29) is 23.9 Å². The van der Waals surface area contributed by atoms with Crippen molar-refractivity contribution in [3.63, 3.8) is 0 Å². The van der Waals surface area contributed by atoms with Crippen molar-refractivity contribution < 1.29 is 28.8 Å². The van der Waals surface area contributed by atoms with Crippen LogP contribution in [0.15, 0.2) is 10.6 Å². The van der Waals surface area contributed by atoms with Gasteiger partial charge in [-0.25, -0.2) is 4.79 Å². The number of aliphatic carboxylic acids is 1. The Morgan fingerprint density at radius 2 is 2.03 bits per heavy atom. The molecule has 4 N–H and O–H groups in total. The molecule has 0 spiro atoms. The van der Waals surface area contributed by atoms with Gasteiger partial charge in [-0.2, -0.15) is 0 Å². The molecule has 1 aromatic rings. The first-order chi connectivity index (χ1) is 13.7. The van der Waals surface area contributed by atoms with Crippen LogP contribution in [0.4, 0.5) is 0 Å². The van der Waals surface area contributed by atoms with Gasteiger partial charge in [-0.05, 0) is 38.5 Å². The molecule has 0 radical (unpaired) electrons. The molecule has 2 rings (SSSR count). The number of nitrogens with zero attached hydrogens (tertiary/aromatic N) is 1. The van der Waals surface area contributed by atoms with Crippen LogP contribution in [0.3, 0.4) is 0 Å². The summed E-state index contributed by atoms with van der Waals surface area (Å²) in [5, 5.41) is 20.9. The second-order valence-corrected chi connectivity index (χ2v) is 7.74. The van der Waals surface area contributed by atoms with Gasteiger partial charge >= 0.3 is 5.97 Å². The lowest BCUT2D eigenvalue weighted by molar-refractivity contribution is -0.143. The van der Waals surface area contributed by atoms with E-state index in [1.165, 1.54) is 6.07 Å². The number of rotatable bonds is 9. The topological polar surface area (TPSA) is 151 Å². The molecule has 160 valence electrons. The molecule has 1 aromatic heterocycles. The highest BCUT2D eigenvalue weighted by Gasteiger charge is 2.32. The van der Waals surface area contributed by atoms with E-state index >= 15 is 0 Å². The summed E-state index contributed by atoms with van der Waals surface area (Å²) in [6, 6.07) is -0.722. The molecule has 10 heteroatoms. The summed E-state index contributed by atoms with van der Waals surface area (Å²) < 4.78 is 4.87. The highest BCUT2D eigenvalue weighted by molar-refractivity contribution is 5.96. The van der Waals surface area contributed by atoms with Gasteiger partial charge in [0.1, 0.15) is 17.8 Å². The first-order valence-electron chi connectivity index (χ1n) is 9.72. The average Bonchev–Trinajstić information content (AvgIpc) is 3.08. The zero-order chi connectivity index (χ0) is 21.6. The molecule has 3 atom stereocenters. The molecule has 3 unspecified atom stereocenters. The number of aromatic nitrogens is 1. The number of nitrogens with one attached hydrogen (secondary N) is 3. The standard InChI is InChI=1S/C19H28N4O6/c1-10(2)7-13(21-18(26)14-8-11(3)29-23-14)17(25)22-15(19(27)28)9-12-5-4-6-20-16(12)24/h8,10,12-13,15H,4-7,9H2,1-3H3,(H,20,24)(H,21,26)(H,22,25)(H,27,28). The smallest absolute Gasteiger partial charge is 0.326 e. The highest BCUT2D eigenvalue weighted by Crippen LogP contribution is 2.18. The molecule has 1 fully saturated rings. The van der Waals surface area contributed by atoms with Crippen molar-refractivity contribution in [3.05, 3.63) is 17.5 Å². The Morgan fingerprint density at radius 1 is 1.31 bits per heavy atom. The fraction of sp³-hybridized carbons (Fsp3) is 0.632. The van der Waals surface area contributed by atoms with E-state index in [2.05, 4.69) is 21.1 Å². The monoisotopic (exact) mass is 408 g/mol. The Balaban J connectivity index is 2.06. The van der Waals surface area contributed by atoms with E-state index in [1.807, 2.05) is 13.8 Å². The van der Waals surface area contributed by atoms with E-state index in [4.69, 9.17) is 4.52 Å². The van der Waals surface area contributed by atoms with Gasteiger partial charge in [0, 0.05) is 18.5 Å². The fourth-order valence-corrected chi connectivity index (χ4v) is 3.25. The molecular formula is C19H28N4O6. The van der Waals surface area contributed by atoms with Crippen molar-refractivity contribution in [1.29, 1.82) is 0 Å². The Morgan fingerprint density at radius 3 is 2.59 bits per heavy atom. The molecule has 29 heavy (non-hydrogen) atoms. The Hall–Kier alpha value is -2.91. The van der Waals surface area contributed by atoms with Gasteiger partial charge in [0.2, 0.25) is 11.8 Å². The van der Waals surface area contributed by atoms with Gasteiger partial charge in [0.25, 0.3) is 5.91 Å². The number of piperidine rings is 1. The predicted octanol–water partition coefficient (Wildman–Crippen LogP) is 0.613. The van der Waals surface area contributed by atoms with Crippen LogP contribution in [0.2, 0.25) is 0 Å². The van der Waals surface area contributed by atoms with Gasteiger partial charge in [-0.3, -0.25) is 14.4 Å². The number of carboxylic acid groups (broad SMARTS) is 1. The lowest BCUT2D eigenvalue weighted by Crippen LogP contribution is -2.53. The third-order valence-electron chi connectivity index (χ3n) is 4.72. The van der Waals surface area contributed by atoms with Crippen molar-refractivity contribution in [1.82, 2.24) is 21.1 Å².